The Kier molecular flexibility index (Phi) is 7.02. The molecule has 1 aromatic carbocycles. The SMILES string of the molecule is CNCC(C)C(=O)NCCCc1ccc(Br)cc1F. The first-order valence-corrected chi connectivity index (χ1v) is 7.20. The highest BCUT2D eigenvalue weighted by molar-refractivity contribution is 9.10. The number of halogens is 2. The van der Waals surface area contributed by atoms with Crippen molar-refractivity contribution in [2.45, 2.75) is 19.8 Å². The standard InChI is InChI=1S/C14H20BrFN2O/c1-10(9-17-2)14(19)18-7-3-4-11-5-6-12(15)8-13(11)16/h5-6,8,10,17H,3-4,7,9H2,1-2H3,(H,18,19). The Labute approximate surface area is 122 Å². The fraction of sp³-hybridized carbons (Fsp3) is 0.500. The Morgan fingerprint density at radius 2 is 2.21 bits per heavy atom. The molecule has 1 amide bonds. The van der Waals surface area contributed by atoms with E-state index in [-0.39, 0.29) is 17.6 Å². The van der Waals surface area contributed by atoms with Gasteiger partial charge in [-0.2, -0.15) is 0 Å². The molecule has 0 bridgehead atoms. The van der Waals surface area contributed by atoms with Gasteiger partial charge in [0, 0.05) is 23.5 Å². The van der Waals surface area contributed by atoms with E-state index in [4.69, 9.17) is 0 Å². The Morgan fingerprint density at radius 3 is 2.84 bits per heavy atom. The first kappa shape index (κ1) is 16.1. The van der Waals surface area contributed by atoms with E-state index in [0.29, 0.717) is 25.1 Å². The molecule has 0 heterocycles. The average Bonchev–Trinajstić information content (AvgIpc) is 2.36. The summed E-state index contributed by atoms with van der Waals surface area (Å²) in [6.07, 6.45) is 1.36. The first-order valence-electron chi connectivity index (χ1n) is 6.41. The summed E-state index contributed by atoms with van der Waals surface area (Å²) in [5.41, 5.74) is 0.681. The smallest absolute Gasteiger partial charge is 0.224 e. The molecule has 1 rings (SSSR count). The molecule has 5 heteroatoms. The number of hydrogen-bond acceptors (Lipinski definition) is 2. The van der Waals surface area contributed by atoms with E-state index in [1.54, 1.807) is 6.07 Å². The van der Waals surface area contributed by atoms with Crippen molar-refractivity contribution in [3.63, 3.8) is 0 Å². The zero-order chi connectivity index (χ0) is 14.3. The maximum Gasteiger partial charge on any atom is 0.224 e. The third-order valence-electron chi connectivity index (χ3n) is 2.90. The molecule has 0 fully saturated rings. The van der Waals surface area contributed by atoms with Crippen LogP contribution in [0, 0.1) is 11.7 Å². The van der Waals surface area contributed by atoms with Crippen LogP contribution in [-0.4, -0.2) is 26.0 Å². The van der Waals surface area contributed by atoms with E-state index in [1.165, 1.54) is 6.07 Å². The second-order valence-corrected chi connectivity index (χ2v) is 5.50. The monoisotopic (exact) mass is 330 g/mol. The van der Waals surface area contributed by atoms with Crippen molar-refractivity contribution in [1.29, 1.82) is 0 Å². The number of aryl methyl sites for hydroxylation is 1. The summed E-state index contributed by atoms with van der Waals surface area (Å²) in [5.74, 6) is -0.218. The topological polar surface area (TPSA) is 41.1 Å². The van der Waals surface area contributed by atoms with Gasteiger partial charge in [-0.05, 0) is 37.6 Å². The van der Waals surface area contributed by atoms with Crippen molar-refractivity contribution in [3.05, 3.63) is 34.1 Å². The van der Waals surface area contributed by atoms with E-state index in [1.807, 2.05) is 20.0 Å². The molecule has 0 spiro atoms. The molecule has 2 N–H and O–H groups in total. The van der Waals surface area contributed by atoms with E-state index in [9.17, 15) is 9.18 Å². The van der Waals surface area contributed by atoms with E-state index >= 15 is 0 Å². The summed E-state index contributed by atoms with van der Waals surface area (Å²) in [4.78, 5) is 11.6. The third-order valence-corrected chi connectivity index (χ3v) is 3.39. The molecular formula is C14H20BrFN2O. The number of amides is 1. The van der Waals surface area contributed by atoms with Crippen molar-refractivity contribution in [3.8, 4) is 0 Å². The summed E-state index contributed by atoms with van der Waals surface area (Å²) in [7, 11) is 1.82. The van der Waals surface area contributed by atoms with Gasteiger partial charge in [0.05, 0.1) is 0 Å². The molecule has 0 aliphatic heterocycles. The van der Waals surface area contributed by atoms with Crippen molar-refractivity contribution in [1.82, 2.24) is 10.6 Å². The van der Waals surface area contributed by atoms with Crippen LogP contribution in [0.2, 0.25) is 0 Å². The number of carbonyl (C=O) groups is 1. The van der Waals surface area contributed by atoms with Gasteiger partial charge in [-0.15, -0.1) is 0 Å². The number of carbonyl (C=O) groups excluding carboxylic acids is 1. The van der Waals surface area contributed by atoms with Gasteiger partial charge in [0.2, 0.25) is 5.91 Å². The van der Waals surface area contributed by atoms with Crippen LogP contribution in [0.15, 0.2) is 22.7 Å². The molecule has 0 aliphatic carbocycles. The Balaban J connectivity index is 2.29. The lowest BCUT2D eigenvalue weighted by Crippen LogP contribution is -2.34. The van der Waals surface area contributed by atoms with Crippen LogP contribution in [0.3, 0.4) is 0 Å². The maximum atomic E-state index is 13.5. The molecule has 0 radical (unpaired) electrons. The second-order valence-electron chi connectivity index (χ2n) is 4.59. The van der Waals surface area contributed by atoms with Crippen LogP contribution >= 0.6 is 15.9 Å². The minimum Gasteiger partial charge on any atom is -0.356 e. The molecule has 1 aromatic rings. The fourth-order valence-electron chi connectivity index (χ4n) is 1.79. The van der Waals surface area contributed by atoms with Crippen LogP contribution in [0.25, 0.3) is 0 Å². The summed E-state index contributed by atoms with van der Waals surface area (Å²) in [5, 5.41) is 5.82. The highest BCUT2D eigenvalue weighted by Gasteiger charge is 2.10. The number of rotatable bonds is 7. The van der Waals surface area contributed by atoms with Gasteiger partial charge in [0.25, 0.3) is 0 Å². The molecule has 19 heavy (non-hydrogen) atoms. The van der Waals surface area contributed by atoms with Crippen LogP contribution in [0.5, 0.6) is 0 Å². The van der Waals surface area contributed by atoms with Gasteiger partial charge < -0.3 is 10.6 Å². The normalized spacial score (nSPS) is 12.2. The largest absolute Gasteiger partial charge is 0.356 e. The molecule has 0 aliphatic rings. The van der Waals surface area contributed by atoms with Gasteiger partial charge in [-0.1, -0.05) is 28.9 Å². The van der Waals surface area contributed by atoms with Crippen LogP contribution < -0.4 is 10.6 Å². The van der Waals surface area contributed by atoms with Gasteiger partial charge in [0.15, 0.2) is 0 Å². The fourth-order valence-corrected chi connectivity index (χ4v) is 2.12. The molecule has 3 nitrogen and oxygen atoms in total. The number of nitrogens with one attached hydrogen (secondary N) is 2. The Morgan fingerprint density at radius 1 is 1.47 bits per heavy atom. The predicted molar refractivity (Wildman–Crippen MR) is 78.5 cm³/mol. The summed E-state index contributed by atoms with van der Waals surface area (Å²) < 4.78 is 14.3. The van der Waals surface area contributed by atoms with Crippen molar-refractivity contribution >= 4 is 21.8 Å². The average molecular weight is 331 g/mol. The highest BCUT2D eigenvalue weighted by atomic mass is 79.9. The van der Waals surface area contributed by atoms with Crippen LogP contribution in [0.4, 0.5) is 4.39 Å². The van der Waals surface area contributed by atoms with Gasteiger partial charge in [-0.3, -0.25) is 4.79 Å². The quantitative estimate of drug-likeness (QED) is 0.754. The summed E-state index contributed by atoms with van der Waals surface area (Å²) >= 11 is 3.22. The first-order chi connectivity index (χ1) is 9.04. The molecular weight excluding hydrogens is 311 g/mol. The molecule has 1 unspecified atom stereocenters. The van der Waals surface area contributed by atoms with E-state index < -0.39 is 0 Å². The maximum absolute atomic E-state index is 13.5. The lowest BCUT2D eigenvalue weighted by Gasteiger charge is -2.11. The minimum absolute atomic E-state index is 0.0330. The van der Waals surface area contributed by atoms with Gasteiger partial charge in [-0.25, -0.2) is 4.39 Å². The Hall–Kier alpha value is -0.940. The summed E-state index contributed by atoms with van der Waals surface area (Å²) in [6, 6.07) is 5.06. The molecule has 1 atom stereocenters. The zero-order valence-electron chi connectivity index (χ0n) is 11.3. The predicted octanol–water partition coefficient (Wildman–Crippen LogP) is 2.49. The van der Waals surface area contributed by atoms with E-state index in [0.717, 1.165) is 10.9 Å². The van der Waals surface area contributed by atoms with Crippen molar-refractivity contribution < 1.29 is 9.18 Å². The van der Waals surface area contributed by atoms with E-state index in [2.05, 4.69) is 26.6 Å². The lowest BCUT2D eigenvalue weighted by atomic mass is 10.1. The van der Waals surface area contributed by atoms with Crippen LogP contribution in [0.1, 0.15) is 18.9 Å². The number of hydrogen-bond donors (Lipinski definition) is 2. The molecule has 0 aromatic heterocycles. The van der Waals surface area contributed by atoms with Crippen LogP contribution in [-0.2, 0) is 11.2 Å². The highest BCUT2D eigenvalue weighted by Crippen LogP contribution is 2.16. The number of benzene rings is 1. The molecule has 0 saturated carbocycles. The third kappa shape index (κ3) is 5.70. The summed E-state index contributed by atoms with van der Waals surface area (Å²) in [6.45, 7) is 3.11. The van der Waals surface area contributed by atoms with Gasteiger partial charge in [0.1, 0.15) is 5.82 Å². The molecule has 106 valence electrons. The second kappa shape index (κ2) is 8.27. The Bertz CT molecular complexity index is 426. The molecule has 0 saturated heterocycles. The minimum atomic E-state index is -0.204. The zero-order valence-corrected chi connectivity index (χ0v) is 12.9. The van der Waals surface area contributed by atoms with Crippen molar-refractivity contribution in [2.75, 3.05) is 20.1 Å². The lowest BCUT2D eigenvalue weighted by molar-refractivity contribution is -0.124. The van der Waals surface area contributed by atoms with Crippen molar-refractivity contribution in [2.24, 2.45) is 5.92 Å². The van der Waals surface area contributed by atoms with Gasteiger partial charge >= 0.3 is 0 Å².